The molecule has 1 N–H and O–H groups in total. The predicted octanol–water partition coefficient (Wildman–Crippen LogP) is 4.47. The number of hydrogen-bond acceptors (Lipinski definition) is 4. The Morgan fingerprint density at radius 2 is 1.52 bits per heavy atom. The van der Waals surface area contributed by atoms with Crippen LogP contribution in [0.5, 0.6) is 0 Å². The van der Waals surface area contributed by atoms with Crippen LogP contribution in [0.1, 0.15) is 18.1 Å². The minimum atomic E-state index is -3.66. The largest absolute Gasteiger partial charge is 0.271 e. The van der Waals surface area contributed by atoms with Gasteiger partial charge in [0.15, 0.2) is 0 Å². The Morgan fingerprint density at radius 3 is 2.12 bits per heavy atom. The van der Waals surface area contributed by atoms with Crippen molar-refractivity contribution >= 4 is 49.4 Å². The third-order valence-electron chi connectivity index (χ3n) is 5.52. The first kappa shape index (κ1) is 22.5. The van der Waals surface area contributed by atoms with Crippen molar-refractivity contribution in [3.63, 3.8) is 0 Å². The number of para-hydroxylation sites is 1. The molecule has 0 saturated carbocycles. The van der Waals surface area contributed by atoms with E-state index in [0.717, 1.165) is 43.2 Å². The normalized spacial score (nSPS) is 11.8. The Hall–Kier alpha value is -3.71. The number of carbonyl (C=O) groups excluding carboxylic acids is 1. The van der Waals surface area contributed by atoms with Crippen LogP contribution in [0.3, 0.4) is 0 Å². The van der Waals surface area contributed by atoms with Crippen molar-refractivity contribution in [2.45, 2.75) is 13.3 Å². The number of aryl methyl sites for hydroxylation is 1. The van der Waals surface area contributed by atoms with Gasteiger partial charge in [-0.1, -0.05) is 73.7 Å². The molecule has 0 saturated heterocycles. The zero-order chi connectivity index (χ0) is 23.4. The lowest BCUT2D eigenvalue weighted by Crippen LogP contribution is -2.39. The van der Waals surface area contributed by atoms with Crippen molar-refractivity contribution in [3.8, 4) is 0 Å². The quantitative estimate of drug-likeness (QED) is 0.252. The second-order valence-electron chi connectivity index (χ2n) is 7.78. The standard InChI is InChI=1S/C26H25N3O3S/c1-3-19-10-6-9-15-25(19)29(33(2,31)32)18-26(30)28-27-17-24-22-13-7-4-11-20(22)16-21-12-5-8-14-23(21)24/h4-17H,3,18H2,1-2H3,(H,28,30)/b27-17-. The summed E-state index contributed by atoms with van der Waals surface area (Å²) in [5.41, 5.74) is 4.73. The summed E-state index contributed by atoms with van der Waals surface area (Å²) in [5, 5.41) is 8.35. The molecule has 0 heterocycles. The van der Waals surface area contributed by atoms with E-state index in [1.807, 2.05) is 67.6 Å². The van der Waals surface area contributed by atoms with Gasteiger partial charge in [0.25, 0.3) is 5.91 Å². The summed E-state index contributed by atoms with van der Waals surface area (Å²) < 4.78 is 26.0. The van der Waals surface area contributed by atoms with E-state index in [4.69, 9.17) is 0 Å². The number of hydrogen-bond donors (Lipinski definition) is 1. The number of anilines is 1. The summed E-state index contributed by atoms with van der Waals surface area (Å²) in [6.45, 7) is 1.58. The minimum Gasteiger partial charge on any atom is -0.271 e. The highest BCUT2D eigenvalue weighted by molar-refractivity contribution is 7.92. The summed E-state index contributed by atoms with van der Waals surface area (Å²) >= 11 is 0. The topological polar surface area (TPSA) is 78.8 Å². The van der Waals surface area contributed by atoms with E-state index in [1.54, 1.807) is 18.3 Å². The van der Waals surface area contributed by atoms with E-state index in [0.29, 0.717) is 12.1 Å². The average Bonchev–Trinajstić information content (AvgIpc) is 2.81. The minimum absolute atomic E-state index is 0.358. The molecule has 1 amide bonds. The fraction of sp³-hybridized carbons (Fsp3) is 0.154. The molecule has 168 valence electrons. The predicted molar refractivity (Wildman–Crippen MR) is 135 cm³/mol. The van der Waals surface area contributed by atoms with Crippen LogP contribution in [0.2, 0.25) is 0 Å². The number of benzene rings is 4. The van der Waals surface area contributed by atoms with Crippen molar-refractivity contribution in [3.05, 3.63) is 90.0 Å². The van der Waals surface area contributed by atoms with Gasteiger partial charge in [-0.05, 0) is 45.7 Å². The maximum Gasteiger partial charge on any atom is 0.260 e. The van der Waals surface area contributed by atoms with Crippen LogP contribution in [0, 0.1) is 0 Å². The molecule has 0 aliphatic rings. The Labute approximate surface area is 193 Å². The lowest BCUT2D eigenvalue weighted by atomic mass is 9.97. The molecule has 7 heteroatoms. The second-order valence-corrected chi connectivity index (χ2v) is 9.68. The number of carbonyl (C=O) groups is 1. The van der Waals surface area contributed by atoms with Gasteiger partial charge >= 0.3 is 0 Å². The summed E-state index contributed by atoms with van der Waals surface area (Å²) in [6.07, 6.45) is 3.36. The Kier molecular flexibility index (Phi) is 6.42. The van der Waals surface area contributed by atoms with E-state index < -0.39 is 15.9 Å². The van der Waals surface area contributed by atoms with E-state index in [-0.39, 0.29) is 6.54 Å². The molecule has 0 aliphatic heterocycles. The first-order valence-electron chi connectivity index (χ1n) is 10.7. The molecular formula is C26H25N3O3S. The Balaban J connectivity index is 1.61. The lowest BCUT2D eigenvalue weighted by molar-refractivity contribution is -0.119. The molecule has 0 aromatic heterocycles. The molecule has 33 heavy (non-hydrogen) atoms. The first-order chi connectivity index (χ1) is 15.9. The number of sulfonamides is 1. The summed E-state index contributed by atoms with van der Waals surface area (Å²) in [4.78, 5) is 12.7. The molecule has 0 unspecified atom stereocenters. The molecular weight excluding hydrogens is 434 g/mol. The highest BCUT2D eigenvalue weighted by Gasteiger charge is 2.22. The van der Waals surface area contributed by atoms with E-state index in [9.17, 15) is 13.2 Å². The lowest BCUT2D eigenvalue weighted by Gasteiger charge is -2.23. The van der Waals surface area contributed by atoms with Gasteiger partial charge < -0.3 is 0 Å². The van der Waals surface area contributed by atoms with Gasteiger partial charge in [-0.25, -0.2) is 13.8 Å². The van der Waals surface area contributed by atoms with Gasteiger partial charge in [0.05, 0.1) is 18.2 Å². The summed E-state index contributed by atoms with van der Waals surface area (Å²) in [7, 11) is -3.66. The van der Waals surface area contributed by atoms with Gasteiger partial charge in [0, 0.05) is 5.56 Å². The molecule has 0 spiro atoms. The van der Waals surface area contributed by atoms with Gasteiger partial charge in [-0.3, -0.25) is 9.10 Å². The molecule has 4 aromatic carbocycles. The van der Waals surface area contributed by atoms with Crippen molar-refractivity contribution < 1.29 is 13.2 Å². The number of fused-ring (bicyclic) bond motifs is 2. The highest BCUT2D eigenvalue weighted by atomic mass is 32.2. The van der Waals surface area contributed by atoms with Crippen molar-refractivity contribution in [1.82, 2.24) is 5.43 Å². The van der Waals surface area contributed by atoms with Gasteiger partial charge in [0.2, 0.25) is 10.0 Å². The molecule has 0 radical (unpaired) electrons. The van der Waals surface area contributed by atoms with Crippen LogP contribution >= 0.6 is 0 Å². The zero-order valence-corrected chi connectivity index (χ0v) is 19.3. The molecule has 4 aromatic rings. The van der Waals surface area contributed by atoms with Crippen LogP contribution < -0.4 is 9.73 Å². The fourth-order valence-corrected chi connectivity index (χ4v) is 4.84. The first-order valence-corrected chi connectivity index (χ1v) is 12.5. The maximum atomic E-state index is 12.7. The zero-order valence-electron chi connectivity index (χ0n) is 18.5. The second kappa shape index (κ2) is 9.42. The molecule has 0 atom stereocenters. The SMILES string of the molecule is CCc1ccccc1N(CC(=O)N/N=C\c1c2ccccc2cc2ccccc12)S(C)(=O)=O. The van der Waals surface area contributed by atoms with Gasteiger partial charge in [-0.15, -0.1) is 0 Å². The molecule has 4 rings (SSSR count). The molecule has 0 fully saturated rings. The third-order valence-corrected chi connectivity index (χ3v) is 6.65. The summed E-state index contributed by atoms with van der Waals surface area (Å²) in [6, 6.07) is 25.3. The number of amides is 1. The van der Waals surface area contributed by atoms with Crippen LogP contribution in [-0.2, 0) is 21.2 Å². The van der Waals surface area contributed by atoms with E-state index in [1.165, 1.54) is 0 Å². The number of rotatable bonds is 7. The van der Waals surface area contributed by atoms with Crippen LogP contribution in [0.15, 0.2) is 84.0 Å². The maximum absolute atomic E-state index is 12.7. The van der Waals surface area contributed by atoms with Crippen LogP contribution in [-0.4, -0.2) is 33.3 Å². The average molecular weight is 460 g/mol. The van der Waals surface area contributed by atoms with E-state index >= 15 is 0 Å². The molecule has 0 bridgehead atoms. The summed E-state index contributed by atoms with van der Waals surface area (Å²) in [5.74, 6) is -0.521. The smallest absolute Gasteiger partial charge is 0.260 e. The van der Waals surface area contributed by atoms with Crippen molar-refractivity contribution in [1.29, 1.82) is 0 Å². The monoisotopic (exact) mass is 459 g/mol. The number of hydrazone groups is 1. The van der Waals surface area contributed by atoms with Crippen LogP contribution in [0.25, 0.3) is 21.5 Å². The van der Waals surface area contributed by atoms with Gasteiger partial charge in [0.1, 0.15) is 6.54 Å². The van der Waals surface area contributed by atoms with Crippen LogP contribution in [0.4, 0.5) is 5.69 Å². The molecule has 6 nitrogen and oxygen atoms in total. The van der Waals surface area contributed by atoms with E-state index in [2.05, 4.69) is 16.6 Å². The molecule has 0 aliphatic carbocycles. The van der Waals surface area contributed by atoms with Crippen molar-refractivity contribution in [2.75, 3.05) is 17.1 Å². The number of nitrogens with one attached hydrogen (secondary N) is 1. The van der Waals surface area contributed by atoms with Crippen molar-refractivity contribution in [2.24, 2.45) is 5.10 Å². The Morgan fingerprint density at radius 1 is 0.939 bits per heavy atom. The van der Waals surface area contributed by atoms with Gasteiger partial charge in [-0.2, -0.15) is 5.10 Å². The Bertz CT molecular complexity index is 1410. The highest BCUT2D eigenvalue weighted by Crippen LogP contribution is 2.27. The fourth-order valence-electron chi connectivity index (χ4n) is 3.96. The number of nitrogens with zero attached hydrogens (tertiary/aromatic N) is 2. The third kappa shape index (κ3) is 4.88.